The van der Waals surface area contributed by atoms with E-state index in [9.17, 15) is 0 Å². The third-order valence-electron chi connectivity index (χ3n) is 3.86. The summed E-state index contributed by atoms with van der Waals surface area (Å²) in [6.45, 7) is 8.60. The van der Waals surface area contributed by atoms with E-state index in [-0.39, 0.29) is 0 Å². The van der Waals surface area contributed by atoms with Gasteiger partial charge in [-0.3, -0.25) is 4.90 Å². The van der Waals surface area contributed by atoms with Crippen molar-refractivity contribution in [2.24, 2.45) is 0 Å². The monoisotopic (exact) mass is 325 g/mol. The number of ether oxygens (including phenoxy) is 1. The topological polar surface area (TPSA) is 12.5 Å². The molecule has 106 valence electrons. The highest BCUT2D eigenvalue weighted by molar-refractivity contribution is 9.09. The van der Waals surface area contributed by atoms with Crippen molar-refractivity contribution in [3.8, 4) is 0 Å². The quantitative estimate of drug-likeness (QED) is 0.766. The Bertz CT molecular complexity index is 400. The van der Waals surface area contributed by atoms with Crippen molar-refractivity contribution in [2.75, 3.05) is 25.0 Å². The Balaban J connectivity index is 1.83. The number of likely N-dealkylation sites (tertiary alicyclic amines) is 1. The van der Waals surface area contributed by atoms with Crippen LogP contribution in [0.2, 0.25) is 0 Å². The summed E-state index contributed by atoms with van der Waals surface area (Å²) >= 11 is 3.41. The minimum absolute atomic E-state index is 0.465. The second kappa shape index (κ2) is 7.41. The minimum atomic E-state index is 0.465. The van der Waals surface area contributed by atoms with E-state index in [1.54, 1.807) is 0 Å². The molecule has 1 aromatic carbocycles. The van der Waals surface area contributed by atoms with E-state index in [1.165, 1.54) is 16.7 Å². The van der Waals surface area contributed by atoms with Gasteiger partial charge in [0.05, 0.1) is 12.7 Å². The van der Waals surface area contributed by atoms with Crippen LogP contribution in [0, 0.1) is 13.8 Å². The maximum Gasteiger partial charge on any atom is 0.0599 e. The second-order valence-electron chi connectivity index (χ2n) is 5.47. The molecular weight excluding hydrogens is 302 g/mol. The zero-order valence-corrected chi connectivity index (χ0v) is 13.6. The van der Waals surface area contributed by atoms with Gasteiger partial charge in [-0.2, -0.15) is 0 Å². The maximum atomic E-state index is 5.80. The SMILES string of the molecule is Cc1ccc(C)c(CN2CCC(OCCBr)CC2)c1. The van der Waals surface area contributed by atoms with Gasteiger partial charge >= 0.3 is 0 Å². The fourth-order valence-electron chi connectivity index (χ4n) is 2.66. The third kappa shape index (κ3) is 4.59. The van der Waals surface area contributed by atoms with Crippen molar-refractivity contribution in [3.63, 3.8) is 0 Å². The summed E-state index contributed by atoms with van der Waals surface area (Å²) in [4.78, 5) is 2.55. The van der Waals surface area contributed by atoms with E-state index >= 15 is 0 Å². The van der Waals surface area contributed by atoms with Gasteiger partial charge in [0.15, 0.2) is 0 Å². The molecule has 0 atom stereocenters. The molecule has 1 fully saturated rings. The van der Waals surface area contributed by atoms with Crippen LogP contribution in [0.4, 0.5) is 0 Å². The van der Waals surface area contributed by atoms with Crippen LogP contribution >= 0.6 is 15.9 Å². The average Bonchev–Trinajstić information content (AvgIpc) is 2.42. The largest absolute Gasteiger partial charge is 0.377 e. The molecule has 19 heavy (non-hydrogen) atoms. The van der Waals surface area contributed by atoms with Gasteiger partial charge in [0.25, 0.3) is 0 Å². The predicted molar refractivity (Wildman–Crippen MR) is 84.0 cm³/mol. The van der Waals surface area contributed by atoms with Crippen LogP contribution in [0.5, 0.6) is 0 Å². The molecule has 0 amide bonds. The molecule has 0 bridgehead atoms. The number of benzene rings is 1. The van der Waals surface area contributed by atoms with E-state index in [0.29, 0.717) is 6.10 Å². The Kier molecular flexibility index (Phi) is 5.86. The Morgan fingerprint density at radius 1 is 1.26 bits per heavy atom. The summed E-state index contributed by atoms with van der Waals surface area (Å²) in [7, 11) is 0. The fourth-order valence-corrected chi connectivity index (χ4v) is 2.84. The van der Waals surface area contributed by atoms with E-state index in [4.69, 9.17) is 4.74 Å². The lowest BCUT2D eigenvalue weighted by atomic mass is 10.0. The summed E-state index contributed by atoms with van der Waals surface area (Å²) in [5.41, 5.74) is 4.24. The Morgan fingerprint density at radius 3 is 2.68 bits per heavy atom. The Hall–Kier alpha value is -0.380. The fraction of sp³-hybridized carbons (Fsp3) is 0.625. The summed E-state index contributed by atoms with van der Waals surface area (Å²) in [6.07, 6.45) is 2.79. The number of rotatable bonds is 5. The van der Waals surface area contributed by atoms with E-state index in [2.05, 4.69) is 52.9 Å². The first-order valence-corrected chi connectivity index (χ1v) is 8.27. The molecule has 0 spiro atoms. The van der Waals surface area contributed by atoms with Crippen molar-refractivity contribution in [1.29, 1.82) is 0 Å². The second-order valence-corrected chi connectivity index (χ2v) is 6.26. The first-order chi connectivity index (χ1) is 9.19. The molecule has 1 aliphatic rings. The molecular formula is C16H24BrNO. The molecule has 0 saturated carbocycles. The molecule has 1 heterocycles. The minimum Gasteiger partial charge on any atom is -0.377 e. The standard InChI is InChI=1S/C16H24BrNO/c1-13-3-4-14(2)15(11-13)12-18-8-5-16(6-9-18)19-10-7-17/h3-4,11,16H,5-10,12H2,1-2H3. The van der Waals surface area contributed by atoms with Gasteiger partial charge in [-0.15, -0.1) is 0 Å². The lowest BCUT2D eigenvalue weighted by Gasteiger charge is -2.32. The van der Waals surface area contributed by atoms with Crippen LogP contribution in [0.1, 0.15) is 29.5 Å². The number of alkyl halides is 1. The van der Waals surface area contributed by atoms with Crippen molar-refractivity contribution >= 4 is 15.9 Å². The van der Waals surface area contributed by atoms with Crippen LogP contribution in [-0.4, -0.2) is 36.0 Å². The number of piperidine rings is 1. The van der Waals surface area contributed by atoms with Gasteiger partial charge < -0.3 is 4.74 Å². The highest BCUT2D eigenvalue weighted by Gasteiger charge is 2.19. The van der Waals surface area contributed by atoms with Gasteiger partial charge in [-0.1, -0.05) is 39.7 Å². The van der Waals surface area contributed by atoms with Crippen LogP contribution in [-0.2, 0) is 11.3 Å². The number of aryl methyl sites for hydroxylation is 2. The van der Waals surface area contributed by atoms with E-state index in [0.717, 1.165) is 44.4 Å². The molecule has 2 nitrogen and oxygen atoms in total. The molecule has 1 saturated heterocycles. The molecule has 0 aromatic heterocycles. The number of halogens is 1. The zero-order chi connectivity index (χ0) is 13.7. The van der Waals surface area contributed by atoms with Gasteiger partial charge in [0, 0.05) is 25.0 Å². The van der Waals surface area contributed by atoms with Crippen molar-refractivity contribution in [3.05, 3.63) is 34.9 Å². The van der Waals surface area contributed by atoms with Gasteiger partial charge in [-0.05, 0) is 37.8 Å². The lowest BCUT2D eigenvalue weighted by molar-refractivity contribution is 0.0141. The Labute approximate surface area is 125 Å². The van der Waals surface area contributed by atoms with Crippen LogP contribution in [0.25, 0.3) is 0 Å². The number of nitrogens with zero attached hydrogens (tertiary/aromatic N) is 1. The highest BCUT2D eigenvalue weighted by atomic mass is 79.9. The summed E-state index contributed by atoms with van der Waals surface area (Å²) in [6, 6.07) is 6.75. The van der Waals surface area contributed by atoms with Crippen molar-refractivity contribution in [1.82, 2.24) is 4.90 Å². The van der Waals surface area contributed by atoms with Crippen molar-refractivity contribution < 1.29 is 4.74 Å². The van der Waals surface area contributed by atoms with Crippen LogP contribution < -0.4 is 0 Å². The first-order valence-electron chi connectivity index (χ1n) is 7.15. The van der Waals surface area contributed by atoms with Gasteiger partial charge in [0.1, 0.15) is 0 Å². The molecule has 0 N–H and O–H groups in total. The van der Waals surface area contributed by atoms with Gasteiger partial charge in [-0.25, -0.2) is 0 Å². The average molecular weight is 326 g/mol. The van der Waals surface area contributed by atoms with Crippen LogP contribution in [0.15, 0.2) is 18.2 Å². The molecule has 1 aromatic rings. The summed E-state index contributed by atoms with van der Waals surface area (Å²) < 4.78 is 5.80. The molecule has 0 aliphatic carbocycles. The molecule has 2 rings (SSSR count). The lowest BCUT2D eigenvalue weighted by Crippen LogP contribution is -2.36. The van der Waals surface area contributed by atoms with Crippen molar-refractivity contribution in [2.45, 2.75) is 39.3 Å². The molecule has 1 aliphatic heterocycles. The summed E-state index contributed by atoms with van der Waals surface area (Å²) in [5, 5.41) is 0.940. The molecule has 3 heteroatoms. The Morgan fingerprint density at radius 2 is 2.00 bits per heavy atom. The molecule has 0 radical (unpaired) electrons. The number of hydrogen-bond acceptors (Lipinski definition) is 2. The van der Waals surface area contributed by atoms with Crippen LogP contribution in [0.3, 0.4) is 0 Å². The van der Waals surface area contributed by atoms with E-state index in [1.807, 2.05) is 0 Å². The highest BCUT2D eigenvalue weighted by Crippen LogP contribution is 2.18. The van der Waals surface area contributed by atoms with E-state index < -0.39 is 0 Å². The molecule has 0 unspecified atom stereocenters. The smallest absolute Gasteiger partial charge is 0.0599 e. The zero-order valence-electron chi connectivity index (χ0n) is 12.0. The van der Waals surface area contributed by atoms with Gasteiger partial charge in [0.2, 0.25) is 0 Å². The normalized spacial score (nSPS) is 17.8. The number of hydrogen-bond donors (Lipinski definition) is 0. The third-order valence-corrected chi connectivity index (χ3v) is 4.19. The maximum absolute atomic E-state index is 5.80. The first kappa shape index (κ1) is 15.0. The predicted octanol–water partition coefficient (Wildman–Crippen LogP) is 3.68. The summed E-state index contributed by atoms with van der Waals surface area (Å²) in [5.74, 6) is 0.